The number of methoxy groups -OCH3 is 5. The van der Waals surface area contributed by atoms with Gasteiger partial charge >= 0.3 is 0 Å². The lowest BCUT2D eigenvalue weighted by molar-refractivity contribution is -0.116. The van der Waals surface area contributed by atoms with E-state index in [4.69, 9.17) is 97.3 Å². The number of ketones is 4. The Kier molecular flexibility index (Phi) is 29.7. The zero-order valence-corrected chi connectivity index (χ0v) is 79.4. The molecule has 4 aromatic carbocycles. The summed E-state index contributed by atoms with van der Waals surface area (Å²) in [6, 6.07) is 23.9. The highest BCUT2D eigenvalue weighted by molar-refractivity contribution is 6.34. The number of aromatic nitrogens is 12. The molecule has 4 saturated carbocycles. The molecular weight excluding hydrogens is 1840 g/mol. The summed E-state index contributed by atoms with van der Waals surface area (Å²) in [5.41, 5.74) is 5.41. The van der Waals surface area contributed by atoms with Crippen molar-refractivity contribution in [2.24, 2.45) is 47.3 Å². The average Bonchev–Trinajstić information content (AvgIpc) is 1.36. The smallest absolute Gasteiger partial charge is 0.223 e. The molecule has 8 atom stereocenters. The Bertz CT molecular complexity index is 6750. The van der Waals surface area contributed by atoms with Gasteiger partial charge in [-0.3, -0.25) is 19.2 Å². The predicted molar refractivity (Wildman–Crippen MR) is 540 cm³/mol. The van der Waals surface area contributed by atoms with Crippen molar-refractivity contribution in [2.75, 3.05) is 157 Å². The standard InChI is InChI=1S/C27H30FN5O4.C26H28ClN5O3.2C26H28FN5O3/c1-4-18(34)7-17-13-37-14-22(17)32-27-30-12-16-8-21(20-9-19(35-2)10-23(36-3)24(20)28)31-26(25(16)33-27)29-11-15-5-6-15;3*1-3-18(33)9-17-13-35-14-21(17)31-26-29-12-16-10-20(19-5-4-6-22(34-2)23(19)27)30-25(24(16)32-26)28-11-15-7-8-15/h4,8-10,12,15,17,22H,1,5-7,11,13-14H2,2-3H3,(H,29,31)(H,30,32,33);3*3-6,10,12,15,17,21H,1,7-9,11,13-14H2,2H3,(H,28,30)(H,29,31,32)/t17-,22+;3*17-,21+/m0000/s1/i;2*2D3;. The molecule has 8 aromatic heterocycles. The zero-order valence-electron chi connectivity index (χ0n) is 84.7. The molecule has 12 heterocycles. The van der Waals surface area contributed by atoms with Gasteiger partial charge in [-0.1, -0.05) is 62.2 Å². The molecule has 4 saturated heterocycles. The molecule has 0 unspecified atom stereocenters. The molecule has 0 spiro atoms. The molecule has 0 amide bonds. The van der Waals surface area contributed by atoms with E-state index in [2.05, 4.69) is 93.8 Å². The third-order valence-corrected chi connectivity index (χ3v) is 26.4. The first-order chi connectivity index (χ1) is 71.4. The van der Waals surface area contributed by atoms with Gasteiger partial charge in [0.05, 0.1) is 148 Å². The second-order valence-corrected chi connectivity index (χ2v) is 36.8. The average molecular weight is 1960 g/mol. The highest BCUT2D eigenvalue weighted by Crippen LogP contribution is 2.43. The quantitative estimate of drug-likeness (QED) is 0.0165. The Morgan fingerprint density at radius 1 is 0.373 bits per heavy atom. The maximum absolute atomic E-state index is 15.3. The first-order valence-electron chi connectivity index (χ1n) is 50.3. The van der Waals surface area contributed by atoms with Gasteiger partial charge in [0.2, 0.25) is 23.8 Å². The molecule has 20 rings (SSSR count). The first-order valence-corrected chi connectivity index (χ1v) is 47.7. The van der Waals surface area contributed by atoms with E-state index >= 15 is 8.78 Å². The molecule has 8 fully saturated rings. The van der Waals surface area contributed by atoms with Crippen molar-refractivity contribution in [1.29, 1.82) is 0 Å². The summed E-state index contributed by atoms with van der Waals surface area (Å²) in [6.07, 6.45) is 22.7. The van der Waals surface area contributed by atoms with Crippen LogP contribution in [-0.2, 0) is 38.1 Å². The van der Waals surface area contributed by atoms with E-state index in [9.17, 15) is 23.6 Å². The summed E-state index contributed by atoms with van der Waals surface area (Å²) in [6.45, 7) is 20.9. The van der Waals surface area contributed by atoms with Gasteiger partial charge in [-0.25, -0.2) is 73.0 Å². The number of fused-ring (bicyclic) bond motifs is 4. The van der Waals surface area contributed by atoms with Gasteiger partial charge in [-0.2, -0.15) is 0 Å². The number of benzene rings is 4. The van der Waals surface area contributed by atoms with Crippen molar-refractivity contribution in [3.8, 4) is 73.8 Å². The number of carbonyl (C=O) groups is 4. The molecule has 8 aliphatic rings. The van der Waals surface area contributed by atoms with Crippen LogP contribution in [0.3, 0.4) is 0 Å². The minimum atomic E-state index is -2.78. The van der Waals surface area contributed by atoms with Crippen molar-refractivity contribution in [1.82, 2.24) is 59.8 Å². The molecular formula is C105H114ClF3N20O13. The predicted octanol–water partition coefficient (Wildman–Crippen LogP) is 17.5. The normalized spacial score (nSPS) is 20.2. The number of nitrogens with one attached hydrogen (secondary N) is 8. The highest BCUT2D eigenvalue weighted by Gasteiger charge is 2.37. The Balaban J connectivity index is 0.000000135. The van der Waals surface area contributed by atoms with Crippen molar-refractivity contribution < 1.29 is 83.2 Å². The van der Waals surface area contributed by atoms with Gasteiger partial charge in [0.25, 0.3) is 0 Å². The molecule has 0 radical (unpaired) electrons. The summed E-state index contributed by atoms with van der Waals surface area (Å²) in [5, 5.41) is 29.8. The Morgan fingerprint density at radius 2 is 0.662 bits per heavy atom. The molecule has 4 aliphatic heterocycles. The van der Waals surface area contributed by atoms with Crippen molar-refractivity contribution in [3.63, 3.8) is 0 Å². The molecule has 0 bridgehead atoms. The Morgan fingerprint density at radius 3 is 0.965 bits per heavy atom. The number of pyridine rings is 4. The van der Waals surface area contributed by atoms with Crippen LogP contribution in [0.25, 0.3) is 88.6 Å². The fraction of sp³-hybridized carbons (Fsp3) is 0.390. The van der Waals surface area contributed by atoms with Crippen molar-refractivity contribution in [2.45, 2.75) is 101 Å². The van der Waals surface area contributed by atoms with Gasteiger partial charge in [-0.05, 0) is 160 Å². The first kappa shape index (κ1) is 91.6. The largest absolute Gasteiger partial charge is 0.497 e. The van der Waals surface area contributed by atoms with E-state index in [0.29, 0.717) is 228 Å². The number of hydrogen-bond acceptors (Lipinski definition) is 33. The van der Waals surface area contributed by atoms with Gasteiger partial charge in [0.15, 0.2) is 81.1 Å². The number of nitrogens with zero attached hydrogens (tertiary/aromatic N) is 12. The van der Waals surface area contributed by atoms with Gasteiger partial charge < -0.3 is 85.2 Å². The maximum Gasteiger partial charge on any atom is 0.223 e. The third-order valence-electron chi connectivity index (χ3n) is 26.0. The topological polar surface area (TPSA) is 402 Å². The molecule has 4 aliphatic carbocycles. The number of hydrogen-bond donors (Lipinski definition) is 8. The molecule has 8 N–H and O–H groups in total. The van der Waals surface area contributed by atoms with Gasteiger partial charge in [-0.15, -0.1) is 0 Å². The monoisotopic (exact) mass is 1960 g/mol. The maximum atomic E-state index is 15.3. The summed E-state index contributed by atoms with van der Waals surface area (Å²) in [4.78, 5) is 103. The fourth-order valence-corrected chi connectivity index (χ4v) is 17.3. The lowest BCUT2D eigenvalue weighted by Gasteiger charge is -2.18. The van der Waals surface area contributed by atoms with Crippen molar-refractivity contribution in [3.05, 3.63) is 189 Å². The van der Waals surface area contributed by atoms with Crippen LogP contribution in [-0.4, -0.2) is 222 Å². The lowest BCUT2D eigenvalue weighted by Crippen LogP contribution is -2.30. The van der Waals surface area contributed by atoms with Crippen LogP contribution in [0.15, 0.2) is 166 Å². The summed E-state index contributed by atoms with van der Waals surface area (Å²) in [7, 11) is -1.05. The molecule has 740 valence electrons. The van der Waals surface area contributed by atoms with Crippen LogP contribution in [0.1, 0.15) is 85.3 Å². The Hall–Kier alpha value is -14.2. The fourth-order valence-electron chi connectivity index (χ4n) is 17.1. The minimum Gasteiger partial charge on any atom is -0.497 e. The second kappa shape index (κ2) is 46.0. The molecule has 12 aromatic rings. The Labute approximate surface area is 832 Å². The number of allylic oxidation sites excluding steroid dienone is 4. The molecule has 37 heteroatoms. The van der Waals surface area contributed by atoms with Crippen LogP contribution in [0, 0.1) is 64.8 Å². The lowest BCUT2D eigenvalue weighted by atomic mass is 9.97. The van der Waals surface area contributed by atoms with Gasteiger partial charge in [0.1, 0.15) is 33.6 Å². The summed E-state index contributed by atoms with van der Waals surface area (Å²) < 4.78 is 138. The van der Waals surface area contributed by atoms with E-state index in [1.54, 1.807) is 79.4 Å². The SMILES string of the molecule is C=CC(=O)C[C@H]1COC[C@H]1Nc1ncc2cc(-c3cc(OC)cc(OC)c3F)nc(NCC3CC3)c2n1.C=CC(=O)C[C@H]1COC[C@H]1Nc1ncc2cc(-c3cccc(OC)c3F)nc(NCC3CC3)c2n1.[2H]C([2H])([2H])Oc1cccc(-c2cc3cnc(N[C@@H]4COC[C@@H]4CC(=O)C=C)nc3c(NCC3CC3)n2)c1Cl.[2H]C([2H])([2H])Oc1cccc(-c2cc3cnc(N[C@@H]4COC[C@@H]4CC(=O)C=C)nc3c(NCC3CC3)n2)c1F. The summed E-state index contributed by atoms with van der Waals surface area (Å²) in [5.74, 6) is 4.60. The number of anilines is 8. The number of rotatable bonds is 41. The second-order valence-electron chi connectivity index (χ2n) is 36.4. The van der Waals surface area contributed by atoms with Crippen LogP contribution in [0.4, 0.5) is 60.2 Å². The van der Waals surface area contributed by atoms with E-state index < -0.39 is 31.5 Å². The highest BCUT2D eigenvalue weighted by atomic mass is 35.5. The van der Waals surface area contributed by atoms with Crippen LogP contribution in [0.2, 0.25) is 5.02 Å². The number of carbonyl (C=O) groups excluding carboxylic acids is 4. The van der Waals surface area contributed by atoms with E-state index in [-0.39, 0.29) is 110 Å². The van der Waals surface area contributed by atoms with Crippen LogP contribution in [0.5, 0.6) is 28.7 Å². The van der Waals surface area contributed by atoms with E-state index in [0.717, 1.165) is 43.2 Å². The van der Waals surface area contributed by atoms with Crippen LogP contribution >= 0.6 is 11.6 Å². The molecule has 142 heavy (non-hydrogen) atoms. The third kappa shape index (κ3) is 24.7. The number of ether oxygens (including phenoxy) is 9. The van der Waals surface area contributed by atoms with Crippen molar-refractivity contribution >= 4 is 125 Å². The molecule has 33 nitrogen and oxygen atoms in total. The van der Waals surface area contributed by atoms with Crippen LogP contribution < -0.4 is 66.2 Å². The van der Waals surface area contributed by atoms with Gasteiger partial charge in [0, 0.05) is 150 Å². The summed E-state index contributed by atoms with van der Waals surface area (Å²) >= 11 is 6.55. The van der Waals surface area contributed by atoms with E-state index in [1.165, 1.54) is 114 Å². The minimum absolute atomic E-state index is 0.000652. The van der Waals surface area contributed by atoms with E-state index in [1.807, 2.05) is 6.07 Å². The zero-order chi connectivity index (χ0) is 104. The number of halogens is 4.